The molecule has 2 heterocycles. The van der Waals surface area contributed by atoms with Crippen LogP contribution in [0.4, 0.5) is 10.1 Å². The molecule has 1 atom stereocenters. The number of hydrogen-bond acceptors (Lipinski definition) is 5. The Morgan fingerprint density at radius 3 is 2.34 bits per heavy atom. The summed E-state index contributed by atoms with van der Waals surface area (Å²) in [6.45, 7) is 17.4. The van der Waals surface area contributed by atoms with Crippen molar-refractivity contribution in [3.8, 4) is 16.9 Å². The molecule has 0 unspecified atom stereocenters. The highest BCUT2D eigenvalue weighted by atomic mass is 19.1. The van der Waals surface area contributed by atoms with Crippen molar-refractivity contribution < 1.29 is 23.8 Å². The highest BCUT2D eigenvalue weighted by molar-refractivity contribution is 5.88. The third kappa shape index (κ3) is 6.13. The zero-order chi connectivity index (χ0) is 26.1. The molecule has 1 aromatic heterocycles. The highest BCUT2D eigenvalue weighted by Crippen LogP contribution is 2.45. The second-order valence-corrected chi connectivity index (χ2v) is 11.1. The van der Waals surface area contributed by atoms with Gasteiger partial charge in [-0.05, 0) is 77.5 Å². The molecule has 1 fully saturated rings. The first-order valence-electron chi connectivity index (χ1n) is 12.3. The fraction of sp³-hybridized carbons (Fsp3) is 0.571. The Hall–Kier alpha value is -2.67. The number of nitrogens with zero attached hydrogens (tertiary/aromatic N) is 2. The lowest BCUT2D eigenvalue weighted by molar-refractivity contribution is -0.160. The zero-order valence-electron chi connectivity index (χ0n) is 22.3. The van der Waals surface area contributed by atoms with E-state index in [-0.39, 0.29) is 11.2 Å². The predicted octanol–water partition coefficient (Wildman–Crippen LogP) is 6.47. The first-order chi connectivity index (χ1) is 16.2. The van der Waals surface area contributed by atoms with Crippen molar-refractivity contribution >= 4 is 11.7 Å². The maximum Gasteiger partial charge on any atom is 0.337 e. The molecule has 0 spiro atoms. The summed E-state index contributed by atoms with van der Waals surface area (Å²) >= 11 is 0. The van der Waals surface area contributed by atoms with E-state index in [1.54, 1.807) is 6.07 Å². The summed E-state index contributed by atoms with van der Waals surface area (Å²) in [4.78, 5) is 19.5. The van der Waals surface area contributed by atoms with Gasteiger partial charge in [-0.3, -0.25) is 4.98 Å². The van der Waals surface area contributed by atoms with E-state index in [2.05, 4.69) is 18.7 Å². The van der Waals surface area contributed by atoms with E-state index >= 15 is 0 Å². The van der Waals surface area contributed by atoms with Crippen LogP contribution < -0.4 is 9.64 Å². The summed E-state index contributed by atoms with van der Waals surface area (Å²) in [5, 5.41) is 10.2. The summed E-state index contributed by atoms with van der Waals surface area (Å²) < 4.78 is 26.4. The molecule has 0 bridgehead atoms. The molecule has 2 aromatic rings. The smallest absolute Gasteiger partial charge is 0.337 e. The summed E-state index contributed by atoms with van der Waals surface area (Å²) in [5.74, 6) is -1.34. The summed E-state index contributed by atoms with van der Waals surface area (Å²) in [6, 6.07) is 4.89. The number of halogens is 1. The Labute approximate surface area is 208 Å². The first-order valence-corrected chi connectivity index (χ1v) is 12.3. The average molecular weight is 487 g/mol. The van der Waals surface area contributed by atoms with Crippen LogP contribution in [0.2, 0.25) is 0 Å². The van der Waals surface area contributed by atoms with Crippen molar-refractivity contribution in [2.24, 2.45) is 5.41 Å². The van der Waals surface area contributed by atoms with Crippen molar-refractivity contribution in [3.05, 3.63) is 41.0 Å². The Kier molecular flexibility index (Phi) is 7.80. The maximum absolute atomic E-state index is 14.9. The lowest BCUT2D eigenvalue weighted by Gasteiger charge is -2.41. The number of aromatic nitrogens is 1. The maximum atomic E-state index is 14.9. The third-order valence-corrected chi connectivity index (χ3v) is 6.49. The van der Waals surface area contributed by atoms with Crippen LogP contribution in [0.1, 0.15) is 77.4 Å². The number of aryl methyl sites for hydroxylation is 2. The largest absolute Gasteiger partial charge is 0.491 e. The third-order valence-electron chi connectivity index (χ3n) is 6.49. The number of carbonyl (C=O) groups is 1. The Bertz CT molecular complexity index is 1080. The second kappa shape index (κ2) is 10.1. The van der Waals surface area contributed by atoms with Gasteiger partial charge in [-0.15, -0.1) is 0 Å². The molecule has 7 heteroatoms. The van der Waals surface area contributed by atoms with E-state index in [1.807, 2.05) is 47.6 Å². The number of rotatable bonds is 7. The number of piperidine rings is 1. The van der Waals surface area contributed by atoms with Crippen molar-refractivity contribution in [2.45, 2.75) is 79.9 Å². The van der Waals surface area contributed by atoms with E-state index in [0.29, 0.717) is 23.4 Å². The zero-order valence-corrected chi connectivity index (χ0v) is 22.3. The number of hydrogen-bond donors (Lipinski definition) is 1. The van der Waals surface area contributed by atoms with Crippen LogP contribution in [0.5, 0.6) is 5.75 Å². The summed E-state index contributed by atoms with van der Waals surface area (Å²) in [5.41, 5.74) is 3.50. The van der Waals surface area contributed by atoms with Crippen LogP contribution >= 0.6 is 0 Å². The number of carboxylic acid groups (broad SMARTS) is 1. The Balaban J connectivity index is 2.30. The minimum absolute atomic E-state index is 0.190. The van der Waals surface area contributed by atoms with Crippen LogP contribution in [0.3, 0.4) is 0 Å². The summed E-state index contributed by atoms with van der Waals surface area (Å²) in [7, 11) is 0. The van der Waals surface area contributed by atoms with Gasteiger partial charge in [0.1, 0.15) is 0 Å². The minimum atomic E-state index is -1.21. The molecule has 6 nitrogen and oxygen atoms in total. The number of benzene rings is 1. The van der Waals surface area contributed by atoms with Crippen LogP contribution in [0.15, 0.2) is 18.2 Å². The number of ether oxygens (including phenoxy) is 2. The van der Waals surface area contributed by atoms with E-state index in [9.17, 15) is 14.3 Å². The molecule has 0 aliphatic carbocycles. The van der Waals surface area contributed by atoms with Crippen molar-refractivity contribution in [1.82, 2.24) is 4.98 Å². The predicted molar refractivity (Wildman–Crippen MR) is 137 cm³/mol. The molecule has 35 heavy (non-hydrogen) atoms. The summed E-state index contributed by atoms with van der Waals surface area (Å²) in [6.07, 6.45) is 0.711. The molecule has 192 valence electrons. The molecule has 1 aromatic carbocycles. The quantitative estimate of drug-likeness (QED) is 0.484. The molecule has 1 saturated heterocycles. The highest BCUT2D eigenvalue weighted by Gasteiger charge is 2.36. The van der Waals surface area contributed by atoms with Gasteiger partial charge in [0.15, 0.2) is 17.7 Å². The van der Waals surface area contributed by atoms with E-state index in [0.717, 1.165) is 42.9 Å². The number of aliphatic carboxylic acids is 1. The number of anilines is 1. The molecular weight excluding hydrogens is 447 g/mol. The molecule has 0 radical (unpaired) electrons. The topological polar surface area (TPSA) is 71.9 Å². The van der Waals surface area contributed by atoms with Crippen LogP contribution in [0, 0.1) is 25.1 Å². The van der Waals surface area contributed by atoms with Crippen LogP contribution in [0.25, 0.3) is 11.1 Å². The Morgan fingerprint density at radius 1 is 1.20 bits per heavy atom. The average Bonchev–Trinajstić information content (AvgIpc) is 2.73. The SMILES string of the molecule is CCOc1ccc(-c2c(C)nc(C)c([C@H](OC(C)(C)C)C(=O)O)c2N2CCC(C)(C)CC2)cc1F. The van der Waals surface area contributed by atoms with Crippen LogP contribution in [-0.4, -0.2) is 41.4 Å². The normalized spacial score (nSPS) is 16.8. The fourth-order valence-electron chi connectivity index (χ4n) is 4.68. The molecule has 0 amide bonds. The van der Waals surface area contributed by atoms with Crippen molar-refractivity contribution in [2.75, 3.05) is 24.6 Å². The molecule has 0 saturated carbocycles. The van der Waals surface area contributed by atoms with Gasteiger partial charge in [-0.1, -0.05) is 19.9 Å². The first kappa shape index (κ1) is 26.9. The minimum Gasteiger partial charge on any atom is -0.491 e. The monoisotopic (exact) mass is 486 g/mol. The lowest BCUT2D eigenvalue weighted by atomic mass is 9.82. The van der Waals surface area contributed by atoms with Gasteiger partial charge < -0.3 is 19.5 Å². The van der Waals surface area contributed by atoms with Gasteiger partial charge in [0.25, 0.3) is 0 Å². The van der Waals surface area contributed by atoms with Gasteiger partial charge in [-0.2, -0.15) is 0 Å². The van der Waals surface area contributed by atoms with Crippen LogP contribution in [-0.2, 0) is 9.53 Å². The van der Waals surface area contributed by atoms with Gasteiger partial charge in [0.05, 0.1) is 17.9 Å². The van der Waals surface area contributed by atoms with E-state index < -0.39 is 23.5 Å². The second-order valence-electron chi connectivity index (χ2n) is 11.1. The fourth-order valence-corrected chi connectivity index (χ4v) is 4.68. The Morgan fingerprint density at radius 2 is 1.83 bits per heavy atom. The van der Waals surface area contributed by atoms with E-state index in [4.69, 9.17) is 14.5 Å². The number of carboxylic acids is 1. The molecule has 1 aliphatic heterocycles. The van der Waals surface area contributed by atoms with Crippen molar-refractivity contribution in [1.29, 1.82) is 0 Å². The van der Waals surface area contributed by atoms with Gasteiger partial charge in [0, 0.05) is 35.6 Å². The van der Waals surface area contributed by atoms with Gasteiger partial charge in [-0.25, -0.2) is 9.18 Å². The van der Waals surface area contributed by atoms with E-state index in [1.165, 1.54) is 6.07 Å². The molecule has 3 rings (SSSR count). The number of pyridine rings is 1. The standard InChI is InChI=1S/C28H39FN2O4/c1-9-34-21-11-10-19(16-20(21)29)22-17(2)30-18(3)23(25(26(32)33)35-27(4,5)6)24(22)31-14-12-28(7,8)13-15-31/h10-11,16,25H,9,12-15H2,1-8H3,(H,32,33)/t25-/m0/s1. The van der Waals surface area contributed by atoms with Crippen molar-refractivity contribution in [3.63, 3.8) is 0 Å². The van der Waals surface area contributed by atoms with Gasteiger partial charge >= 0.3 is 5.97 Å². The molecule has 1 aliphatic rings. The lowest BCUT2D eigenvalue weighted by Crippen LogP contribution is -2.39. The molecule has 1 N–H and O–H groups in total. The molecular formula is C28H39FN2O4. The van der Waals surface area contributed by atoms with Gasteiger partial charge in [0.2, 0.25) is 0 Å².